The minimum Gasteiger partial charge on any atom is -0.461 e. The quantitative estimate of drug-likeness (QED) is 0.477. The van der Waals surface area contributed by atoms with E-state index >= 15 is 0 Å². The summed E-state index contributed by atoms with van der Waals surface area (Å²) < 4.78 is 5.21. The zero-order valence-electron chi connectivity index (χ0n) is 14.9. The smallest absolute Gasteiger partial charge is 0.333 e. The molecule has 3 nitrogen and oxygen atoms in total. The van der Waals surface area contributed by atoms with Gasteiger partial charge in [-0.15, -0.1) is 0 Å². The van der Waals surface area contributed by atoms with Crippen LogP contribution in [0.4, 0.5) is 0 Å². The molecule has 126 valence electrons. The molecule has 0 heterocycles. The van der Waals surface area contributed by atoms with Gasteiger partial charge >= 0.3 is 5.97 Å². The highest BCUT2D eigenvalue weighted by molar-refractivity contribution is 5.86. The highest BCUT2D eigenvalue weighted by Gasteiger charge is 2.65. The zero-order chi connectivity index (χ0) is 16.8. The van der Waals surface area contributed by atoms with E-state index < -0.39 is 0 Å². The van der Waals surface area contributed by atoms with Gasteiger partial charge < -0.3 is 10.1 Å². The molecule has 3 heteroatoms. The van der Waals surface area contributed by atoms with Crippen LogP contribution in [0.2, 0.25) is 0 Å². The van der Waals surface area contributed by atoms with Crippen LogP contribution in [0.1, 0.15) is 47.0 Å². The number of carbonyl (C=O) groups excluding carboxylic acids is 1. The van der Waals surface area contributed by atoms with Gasteiger partial charge in [0.2, 0.25) is 0 Å². The SMILES string of the molecule is C=C(C)C(=O)OCCNC1CC2C3=CCCC=C3C1(C)C2(C)C. The summed E-state index contributed by atoms with van der Waals surface area (Å²) in [5, 5.41) is 3.66. The van der Waals surface area contributed by atoms with Crippen molar-refractivity contribution in [2.24, 2.45) is 16.7 Å². The van der Waals surface area contributed by atoms with Crippen LogP contribution in [-0.2, 0) is 9.53 Å². The summed E-state index contributed by atoms with van der Waals surface area (Å²) in [4.78, 5) is 11.5. The van der Waals surface area contributed by atoms with Gasteiger partial charge in [0.25, 0.3) is 0 Å². The van der Waals surface area contributed by atoms with Crippen LogP contribution in [0.15, 0.2) is 35.5 Å². The fourth-order valence-electron chi connectivity index (χ4n) is 4.95. The highest BCUT2D eigenvalue weighted by atomic mass is 16.5. The van der Waals surface area contributed by atoms with E-state index in [4.69, 9.17) is 4.74 Å². The molecule has 3 aliphatic carbocycles. The predicted octanol–water partition coefficient (Wildman–Crippen LogP) is 3.78. The van der Waals surface area contributed by atoms with Gasteiger partial charge in [-0.3, -0.25) is 0 Å². The number of nitrogens with one attached hydrogen (secondary N) is 1. The van der Waals surface area contributed by atoms with Crippen molar-refractivity contribution in [2.45, 2.75) is 53.0 Å². The molecule has 0 radical (unpaired) electrons. The molecule has 0 aromatic heterocycles. The minimum absolute atomic E-state index is 0.169. The Morgan fingerprint density at radius 1 is 1.35 bits per heavy atom. The van der Waals surface area contributed by atoms with Crippen molar-refractivity contribution in [3.63, 3.8) is 0 Å². The lowest BCUT2D eigenvalue weighted by atomic mass is 9.66. The summed E-state index contributed by atoms with van der Waals surface area (Å²) in [6.45, 7) is 13.7. The molecule has 0 aliphatic heterocycles. The molecule has 0 aromatic rings. The summed E-state index contributed by atoms with van der Waals surface area (Å²) in [6.07, 6.45) is 8.47. The van der Waals surface area contributed by atoms with E-state index in [1.54, 1.807) is 18.1 Å². The minimum atomic E-state index is -0.300. The first-order chi connectivity index (χ1) is 10.8. The maximum absolute atomic E-state index is 11.5. The maximum atomic E-state index is 11.5. The first-order valence-electron chi connectivity index (χ1n) is 8.77. The number of hydrogen-bond acceptors (Lipinski definition) is 3. The highest BCUT2D eigenvalue weighted by Crippen LogP contribution is 2.70. The summed E-state index contributed by atoms with van der Waals surface area (Å²) in [7, 11) is 0. The Morgan fingerprint density at radius 2 is 2.04 bits per heavy atom. The van der Waals surface area contributed by atoms with Crippen molar-refractivity contribution in [1.82, 2.24) is 5.32 Å². The number of rotatable bonds is 5. The van der Waals surface area contributed by atoms with Gasteiger partial charge in [0.1, 0.15) is 6.61 Å². The Kier molecular flexibility index (Phi) is 4.04. The fraction of sp³-hybridized carbons (Fsp3) is 0.650. The van der Waals surface area contributed by atoms with Gasteiger partial charge in [0.05, 0.1) is 0 Å². The Morgan fingerprint density at radius 3 is 2.74 bits per heavy atom. The molecule has 2 saturated carbocycles. The lowest BCUT2D eigenvalue weighted by Gasteiger charge is -2.41. The van der Waals surface area contributed by atoms with E-state index in [1.807, 2.05) is 0 Å². The number of allylic oxidation sites excluding steroid dienone is 3. The molecule has 0 spiro atoms. The van der Waals surface area contributed by atoms with Crippen molar-refractivity contribution in [3.05, 3.63) is 35.5 Å². The standard InChI is InChI=1S/C20H29NO2/c1-13(2)18(22)23-11-10-21-17-12-16-14-8-6-7-9-15(14)20(17,5)19(16,3)4/h8-9,16-17,21H,1,6-7,10-12H2,2-5H3. The van der Waals surface area contributed by atoms with Crippen molar-refractivity contribution < 1.29 is 9.53 Å². The number of hydrogen-bond donors (Lipinski definition) is 1. The second kappa shape index (κ2) is 5.62. The predicted molar refractivity (Wildman–Crippen MR) is 93.0 cm³/mol. The van der Waals surface area contributed by atoms with E-state index in [2.05, 4.69) is 44.8 Å². The summed E-state index contributed by atoms with van der Waals surface area (Å²) in [6, 6.07) is 0.451. The molecule has 3 unspecified atom stereocenters. The van der Waals surface area contributed by atoms with Crippen LogP contribution in [-0.4, -0.2) is 25.2 Å². The second-order valence-electron chi connectivity index (χ2n) is 7.99. The monoisotopic (exact) mass is 315 g/mol. The van der Waals surface area contributed by atoms with Crippen LogP contribution in [0.25, 0.3) is 0 Å². The summed E-state index contributed by atoms with van der Waals surface area (Å²) in [5.74, 6) is 0.348. The van der Waals surface area contributed by atoms with E-state index in [1.165, 1.54) is 19.3 Å². The average molecular weight is 315 g/mol. The Balaban J connectivity index is 1.67. The summed E-state index contributed by atoms with van der Waals surface area (Å²) in [5.41, 5.74) is 4.08. The van der Waals surface area contributed by atoms with Crippen LogP contribution in [0, 0.1) is 16.7 Å². The van der Waals surface area contributed by atoms with E-state index in [-0.39, 0.29) is 16.8 Å². The van der Waals surface area contributed by atoms with Gasteiger partial charge in [-0.1, -0.05) is 39.5 Å². The van der Waals surface area contributed by atoms with Crippen molar-refractivity contribution in [1.29, 1.82) is 0 Å². The van der Waals surface area contributed by atoms with Crippen LogP contribution < -0.4 is 5.32 Å². The zero-order valence-corrected chi connectivity index (χ0v) is 14.9. The molecule has 2 fully saturated rings. The van der Waals surface area contributed by atoms with Gasteiger partial charge in [-0.2, -0.15) is 0 Å². The molecule has 1 N–H and O–H groups in total. The van der Waals surface area contributed by atoms with E-state index in [0.29, 0.717) is 30.7 Å². The third-order valence-corrected chi connectivity index (χ3v) is 6.58. The van der Waals surface area contributed by atoms with Crippen LogP contribution in [0.3, 0.4) is 0 Å². The third kappa shape index (κ3) is 2.32. The molecule has 3 rings (SSSR count). The second-order valence-corrected chi connectivity index (χ2v) is 7.99. The van der Waals surface area contributed by atoms with Gasteiger partial charge in [0.15, 0.2) is 0 Å². The Hall–Kier alpha value is -1.35. The fourth-order valence-corrected chi connectivity index (χ4v) is 4.95. The molecule has 0 aromatic carbocycles. The lowest BCUT2D eigenvalue weighted by molar-refractivity contribution is -0.138. The lowest BCUT2D eigenvalue weighted by Crippen LogP contribution is -2.47. The molecule has 2 bridgehead atoms. The number of ether oxygens (including phenoxy) is 1. The summed E-state index contributed by atoms with van der Waals surface area (Å²) >= 11 is 0. The maximum Gasteiger partial charge on any atom is 0.333 e. The number of carbonyl (C=O) groups is 1. The van der Waals surface area contributed by atoms with Crippen LogP contribution >= 0.6 is 0 Å². The molecule has 0 saturated heterocycles. The number of esters is 1. The molecule has 3 aliphatic rings. The molecular weight excluding hydrogens is 286 g/mol. The number of fused-ring (bicyclic) bond motifs is 5. The first kappa shape index (κ1) is 16.5. The van der Waals surface area contributed by atoms with Crippen molar-refractivity contribution in [2.75, 3.05) is 13.2 Å². The molecular formula is C20H29NO2. The third-order valence-electron chi connectivity index (χ3n) is 6.58. The topological polar surface area (TPSA) is 38.3 Å². The average Bonchev–Trinajstić information content (AvgIpc) is 2.81. The van der Waals surface area contributed by atoms with Crippen molar-refractivity contribution in [3.8, 4) is 0 Å². The van der Waals surface area contributed by atoms with Gasteiger partial charge in [0, 0.05) is 23.6 Å². The van der Waals surface area contributed by atoms with Gasteiger partial charge in [-0.05, 0) is 48.7 Å². The normalized spacial score (nSPS) is 33.7. The largest absolute Gasteiger partial charge is 0.461 e. The molecule has 0 amide bonds. The first-order valence-corrected chi connectivity index (χ1v) is 8.77. The molecule has 3 atom stereocenters. The molecule has 23 heavy (non-hydrogen) atoms. The van der Waals surface area contributed by atoms with Crippen LogP contribution in [0.5, 0.6) is 0 Å². The van der Waals surface area contributed by atoms with E-state index in [0.717, 1.165) is 0 Å². The van der Waals surface area contributed by atoms with E-state index in [9.17, 15) is 4.79 Å². The van der Waals surface area contributed by atoms with Gasteiger partial charge in [-0.25, -0.2) is 4.79 Å². The Labute approximate surface area is 139 Å². The van der Waals surface area contributed by atoms with Crippen molar-refractivity contribution >= 4 is 5.97 Å². The Bertz CT molecular complexity index is 599.